The van der Waals surface area contributed by atoms with Crippen LogP contribution in [0.2, 0.25) is 0 Å². The summed E-state index contributed by atoms with van der Waals surface area (Å²) in [5.41, 5.74) is 0. The van der Waals surface area contributed by atoms with Crippen LogP contribution in [-0.2, 0) is 27.4 Å². The van der Waals surface area contributed by atoms with Crippen LogP contribution in [0.5, 0.6) is 0 Å². The first-order chi connectivity index (χ1) is 9.39. The minimum Gasteiger partial charge on any atom is -0.447 e. The van der Waals surface area contributed by atoms with Crippen LogP contribution in [0.15, 0.2) is 21.6 Å². The molecule has 0 atom stereocenters. The second-order valence-corrected chi connectivity index (χ2v) is 8.57. The molecule has 114 valence electrons. The van der Waals surface area contributed by atoms with E-state index in [1.54, 1.807) is 6.07 Å². The van der Waals surface area contributed by atoms with Crippen LogP contribution < -0.4 is 5.32 Å². The highest BCUT2D eigenvalue weighted by molar-refractivity contribution is 7.89. The van der Waals surface area contributed by atoms with Crippen LogP contribution in [0.4, 0.5) is 0 Å². The Labute approximate surface area is 122 Å². The summed E-state index contributed by atoms with van der Waals surface area (Å²) in [5, 5.41) is 3.13. The van der Waals surface area contributed by atoms with Crippen LogP contribution in [0, 0.1) is 0 Å². The van der Waals surface area contributed by atoms with E-state index in [4.69, 9.17) is 4.42 Å². The number of rotatable bonds is 5. The van der Waals surface area contributed by atoms with E-state index >= 15 is 0 Å². The fourth-order valence-corrected chi connectivity index (χ4v) is 4.54. The zero-order valence-electron chi connectivity index (χ0n) is 11.7. The van der Waals surface area contributed by atoms with Crippen molar-refractivity contribution in [1.29, 1.82) is 0 Å². The number of sulfonamides is 1. The molecule has 1 N–H and O–H groups in total. The zero-order valence-corrected chi connectivity index (χ0v) is 13.3. The van der Waals surface area contributed by atoms with Crippen LogP contribution in [0.1, 0.15) is 19.6 Å². The van der Waals surface area contributed by atoms with Gasteiger partial charge in [-0.25, -0.2) is 8.42 Å². The minimum atomic E-state index is -3.60. The van der Waals surface area contributed by atoms with Gasteiger partial charge in [0.15, 0.2) is 0 Å². The van der Waals surface area contributed by atoms with Crippen molar-refractivity contribution in [3.63, 3.8) is 0 Å². The van der Waals surface area contributed by atoms with Crippen molar-refractivity contribution in [3.8, 4) is 0 Å². The summed E-state index contributed by atoms with van der Waals surface area (Å²) in [5.74, 6) is 1.38. The highest BCUT2D eigenvalue weighted by Gasteiger charge is 2.30. The average Bonchev–Trinajstić information content (AvgIpc) is 2.86. The molecule has 6 nitrogen and oxygen atoms in total. The average molecular weight is 320 g/mol. The third kappa shape index (κ3) is 3.69. The fraction of sp³-hybridized carbons (Fsp3) is 0.667. The maximum Gasteiger partial charge on any atom is 0.276 e. The summed E-state index contributed by atoms with van der Waals surface area (Å²) in [6.07, 6.45) is 0. The quantitative estimate of drug-likeness (QED) is 0.856. The Morgan fingerprint density at radius 1 is 1.35 bits per heavy atom. The normalized spacial score (nSPS) is 18.8. The molecular formula is C12H20N2O4S2. The van der Waals surface area contributed by atoms with E-state index < -0.39 is 20.8 Å². The molecule has 1 aromatic rings. The summed E-state index contributed by atoms with van der Waals surface area (Å²) in [4.78, 5) is 0. The van der Waals surface area contributed by atoms with Crippen LogP contribution in [0.3, 0.4) is 0 Å². The summed E-state index contributed by atoms with van der Waals surface area (Å²) in [6.45, 7) is 5.09. The van der Waals surface area contributed by atoms with Gasteiger partial charge in [-0.3, -0.25) is 4.21 Å². The molecule has 0 unspecified atom stereocenters. The fourth-order valence-electron chi connectivity index (χ4n) is 1.89. The molecule has 0 radical (unpaired) electrons. The molecule has 1 fully saturated rings. The molecule has 0 spiro atoms. The molecule has 1 aliphatic heterocycles. The molecular weight excluding hydrogens is 300 g/mol. The van der Waals surface area contributed by atoms with Gasteiger partial charge < -0.3 is 9.73 Å². The molecule has 0 aliphatic carbocycles. The second kappa shape index (κ2) is 6.38. The number of hydrogen-bond acceptors (Lipinski definition) is 5. The Hall–Kier alpha value is -0.700. The summed E-state index contributed by atoms with van der Waals surface area (Å²) >= 11 is 0. The summed E-state index contributed by atoms with van der Waals surface area (Å²) in [6, 6.07) is 3.46. The van der Waals surface area contributed by atoms with Gasteiger partial charge in [-0.15, -0.1) is 0 Å². The van der Waals surface area contributed by atoms with Crippen molar-refractivity contribution in [2.45, 2.75) is 31.5 Å². The molecule has 2 heterocycles. The molecule has 1 saturated heterocycles. The van der Waals surface area contributed by atoms with E-state index in [0.29, 0.717) is 29.9 Å². The maximum atomic E-state index is 12.4. The van der Waals surface area contributed by atoms with E-state index in [0.717, 1.165) is 0 Å². The van der Waals surface area contributed by atoms with E-state index in [1.165, 1.54) is 10.4 Å². The first-order valence-electron chi connectivity index (χ1n) is 6.57. The van der Waals surface area contributed by atoms with Gasteiger partial charge in [-0.2, -0.15) is 4.31 Å². The lowest BCUT2D eigenvalue weighted by Gasteiger charge is -2.24. The van der Waals surface area contributed by atoms with Gasteiger partial charge in [0.2, 0.25) is 5.09 Å². The highest BCUT2D eigenvalue weighted by Crippen LogP contribution is 2.20. The molecule has 8 heteroatoms. The van der Waals surface area contributed by atoms with Gasteiger partial charge in [0.05, 0.1) is 6.54 Å². The third-order valence-electron chi connectivity index (χ3n) is 3.05. The SMILES string of the molecule is CC(C)NCc1ccc(S(=O)(=O)N2CCS(=O)CC2)o1. The number of nitrogens with one attached hydrogen (secondary N) is 1. The first-order valence-corrected chi connectivity index (χ1v) is 9.49. The maximum absolute atomic E-state index is 12.4. The molecule has 1 aliphatic rings. The van der Waals surface area contributed by atoms with E-state index in [2.05, 4.69) is 5.32 Å². The largest absolute Gasteiger partial charge is 0.447 e. The zero-order chi connectivity index (χ0) is 14.8. The van der Waals surface area contributed by atoms with Gasteiger partial charge >= 0.3 is 0 Å². The van der Waals surface area contributed by atoms with Crippen molar-refractivity contribution in [1.82, 2.24) is 9.62 Å². The van der Waals surface area contributed by atoms with Crippen LogP contribution in [-0.4, -0.2) is 47.6 Å². The third-order valence-corrected chi connectivity index (χ3v) is 6.10. The van der Waals surface area contributed by atoms with Crippen molar-refractivity contribution >= 4 is 20.8 Å². The molecule has 1 aromatic heterocycles. The van der Waals surface area contributed by atoms with Gasteiger partial charge in [0, 0.05) is 41.4 Å². The lowest BCUT2D eigenvalue weighted by Crippen LogP contribution is -2.41. The minimum absolute atomic E-state index is 0.0364. The molecule has 0 bridgehead atoms. The number of hydrogen-bond donors (Lipinski definition) is 1. The van der Waals surface area contributed by atoms with Crippen LogP contribution in [0.25, 0.3) is 0 Å². The van der Waals surface area contributed by atoms with Crippen molar-refractivity contribution in [3.05, 3.63) is 17.9 Å². The summed E-state index contributed by atoms with van der Waals surface area (Å²) in [7, 11) is -4.50. The molecule has 0 amide bonds. The number of furan rings is 1. The molecule has 0 saturated carbocycles. The van der Waals surface area contributed by atoms with Crippen molar-refractivity contribution < 1.29 is 17.0 Å². The lowest BCUT2D eigenvalue weighted by atomic mass is 10.3. The Balaban J connectivity index is 2.08. The van der Waals surface area contributed by atoms with E-state index in [-0.39, 0.29) is 18.2 Å². The van der Waals surface area contributed by atoms with Gasteiger partial charge in [0.25, 0.3) is 10.0 Å². The number of nitrogens with zero attached hydrogens (tertiary/aromatic N) is 1. The van der Waals surface area contributed by atoms with Gasteiger partial charge in [-0.05, 0) is 12.1 Å². The van der Waals surface area contributed by atoms with E-state index in [1.807, 2.05) is 13.8 Å². The lowest BCUT2D eigenvalue weighted by molar-refractivity contribution is 0.368. The topological polar surface area (TPSA) is 79.6 Å². The second-order valence-electron chi connectivity index (χ2n) is 5.01. The Morgan fingerprint density at radius 2 is 2.00 bits per heavy atom. The Bertz CT molecular complexity index is 570. The van der Waals surface area contributed by atoms with Crippen molar-refractivity contribution in [2.75, 3.05) is 24.6 Å². The van der Waals surface area contributed by atoms with E-state index in [9.17, 15) is 12.6 Å². The van der Waals surface area contributed by atoms with Gasteiger partial charge in [0.1, 0.15) is 5.76 Å². The first kappa shape index (κ1) is 15.7. The monoisotopic (exact) mass is 320 g/mol. The molecule has 2 rings (SSSR count). The standard InChI is InChI=1S/C12H20N2O4S2/c1-10(2)13-9-11-3-4-12(18-11)20(16,17)14-5-7-19(15)8-6-14/h3-4,10,13H,5-9H2,1-2H3. The van der Waals surface area contributed by atoms with Crippen LogP contribution >= 0.6 is 0 Å². The predicted molar refractivity (Wildman–Crippen MR) is 77.3 cm³/mol. The molecule has 20 heavy (non-hydrogen) atoms. The highest BCUT2D eigenvalue weighted by atomic mass is 32.2. The summed E-state index contributed by atoms with van der Waals surface area (Å²) < 4.78 is 42.8. The predicted octanol–water partition coefficient (Wildman–Crippen LogP) is 0.531. The molecule has 0 aromatic carbocycles. The van der Waals surface area contributed by atoms with Crippen molar-refractivity contribution in [2.24, 2.45) is 0 Å². The Kier molecular flexibility index (Phi) is 5.00. The smallest absolute Gasteiger partial charge is 0.276 e. The van der Waals surface area contributed by atoms with Gasteiger partial charge in [-0.1, -0.05) is 13.8 Å². The Morgan fingerprint density at radius 3 is 2.60 bits per heavy atom.